The van der Waals surface area contributed by atoms with E-state index in [1.54, 1.807) is 38.1 Å². The number of ether oxygens (including phenoxy) is 1. The van der Waals surface area contributed by atoms with E-state index < -0.39 is 0 Å². The SMILES string of the molecule is CC(C)COc1ccc(C(=O)NNC(=S)NC(=O)C(C)C)cc1. The lowest BCUT2D eigenvalue weighted by Crippen LogP contribution is -2.49. The molecule has 0 aliphatic heterocycles. The van der Waals surface area contributed by atoms with E-state index in [0.717, 1.165) is 0 Å². The fraction of sp³-hybridized carbons (Fsp3) is 0.438. The minimum atomic E-state index is -0.360. The highest BCUT2D eigenvalue weighted by Gasteiger charge is 2.10. The van der Waals surface area contributed by atoms with E-state index in [0.29, 0.717) is 23.8 Å². The van der Waals surface area contributed by atoms with Gasteiger partial charge in [0, 0.05) is 11.5 Å². The summed E-state index contributed by atoms with van der Waals surface area (Å²) in [6.07, 6.45) is 0. The third kappa shape index (κ3) is 7.10. The van der Waals surface area contributed by atoms with Crippen LogP contribution in [-0.2, 0) is 4.79 Å². The Morgan fingerprint density at radius 3 is 2.22 bits per heavy atom. The molecule has 0 aromatic heterocycles. The first-order chi connectivity index (χ1) is 10.8. The maximum atomic E-state index is 12.0. The van der Waals surface area contributed by atoms with Crippen molar-refractivity contribution in [3.63, 3.8) is 0 Å². The number of thiocarbonyl (C=S) groups is 1. The van der Waals surface area contributed by atoms with Crippen molar-refractivity contribution in [3.05, 3.63) is 29.8 Å². The van der Waals surface area contributed by atoms with Crippen molar-refractivity contribution < 1.29 is 14.3 Å². The second kappa shape index (κ2) is 9.09. The predicted octanol–water partition coefficient (Wildman–Crippen LogP) is 2.01. The fourth-order valence-corrected chi connectivity index (χ4v) is 1.59. The molecule has 0 fully saturated rings. The molecule has 0 spiro atoms. The number of benzene rings is 1. The zero-order valence-electron chi connectivity index (χ0n) is 13.8. The number of nitrogens with one attached hydrogen (secondary N) is 3. The molecule has 7 heteroatoms. The van der Waals surface area contributed by atoms with Crippen molar-refractivity contribution in [2.75, 3.05) is 6.61 Å². The zero-order valence-corrected chi connectivity index (χ0v) is 14.6. The summed E-state index contributed by atoms with van der Waals surface area (Å²) in [5.74, 6) is 0.376. The molecule has 0 unspecified atom stereocenters. The number of hydrogen-bond donors (Lipinski definition) is 3. The summed E-state index contributed by atoms with van der Waals surface area (Å²) >= 11 is 4.92. The molecule has 3 N–H and O–H groups in total. The van der Waals surface area contributed by atoms with Gasteiger partial charge in [0.15, 0.2) is 5.11 Å². The Hall–Kier alpha value is -2.15. The van der Waals surface area contributed by atoms with Gasteiger partial charge in [-0.3, -0.25) is 20.4 Å². The van der Waals surface area contributed by atoms with Crippen molar-refractivity contribution >= 4 is 29.1 Å². The minimum Gasteiger partial charge on any atom is -0.493 e. The summed E-state index contributed by atoms with van der Waals surface area (Å²) in [6.45, 7) is 8.25. The molecule has 0 atom stereocenters. The van der Waals surface area contributed by atoms with Crippen LogP contribution in [0.5, 0.6) is 5.75 Å². The van der Waals surface area contributed by atoms with Gasteiger partial charge in [0.25, 0.3) is 5.91 Å². The summed E-state index contributed by atoms with van der Waals surface area (Å²) in [5, 5.41) is 2.52. The van der Waals surface area contributed by atoms with Gasteiger partial charge in [0.1, 0.15) is 5.75 Å². The smallest absolute Gasteiger partial charge is 0.269 e. The van der Waals surface area contributed by atoms with Crippen LogP contribution in [0.25, 0.3) is 0 Å². The topological polar surface area (TPSA) is 79.5 Å². The van der Waals surface area contributed by atoms with Gasteiger partial charge in [-0.05, 0) is 42.4 Å². The molecular weight excluding hydrogens is 314 g/mol. The predicted molar refractivity (Wildman–Crippen MR) is 93.0 cm³/mol. The van der Waals surface area contributed by atoms with Gasteiger partial charge in [0.05, 0.1) is 6.61 Å². The van der Waals surface area contributed by atoms with E-state index in [1.165, 1.54) is 0 Å². The van der Waals surface area contributed by atoms with Crippen LogP contribution in [0.2, 0.25) is 0 Å². The lowest BCUT2D eigenvalue weighted by molar-refractivity contribution is -0.122. The Morgan fingerprint density at radius 2 is 1.70 bits per heavy atom. The van der Waals surface area contributed by atoms with Gasteiger partial charge in [-0.2, -0.15) is 0 Å². The Labute approximate surface area is 141 Å². The third-order valence-electron chi connectivity index (χ3n) is 2.75. The maximum Gasteiger partial charge on any atom is 0.269 e. The average molecular weight is 337 g/mol. The van der Waals surface area contributed by atoms with Crippen molar-refractivity contribution in [3.8, 4) is 5.75 Å². The molecule has 1 rings (SSSR count). The van der Waals surface area contributed by atoms with Gasteiger partial charge >= 0.3 is 0 Å². The van der Waals surface area contributed by atoms with Crippen LogP contribution < -0.4 is 20.9 Å². The number of carbonyl (C=O) groups is 2. The maximum absolute atomic E-state index is 12.0. The van der Waals surface area contributed by atoms with E-state index in [2.05, 4.69) is 30.0 Å². The molecule has 126 valence electrons. The van der Waals surface area contributed by atoms with E-state index in [9.17, 15) is 9.59 Å². The fourth-order valence-electron chi connectivity index (χ4n) is 1.44. The van der Waals surface area contributed by atoms with Gasteiger partial charge in [-0.1, -0.05) is 27.7 Å². The summed E-state index contributed by atoms with van der Waals surface area (Å²) in [7, 11) is 0. The van der Waals surface area contributed by atoms with Crippen LogP contribution in [0, 0.1) is 11.8 Å². The van der Waals surface area contributed by atoms with Gasteiger partial charge in [-0.25, -0.2) is 0 Å². The molecule has 0 radical (unpaired) electrons. The van der Waals surface area contributed by atoms with E-state index in [4.69, 9.17) is 17.0 Å². The molecule has 2 amide bonds. The minimum absolute atomic E-state index is 0.0499. The quantitative estimate of drug-likeness (QED) is 0.566. The van der Waals surface area contributed by atoms with Crippen LogP contribution in [0.3, 0.4) is 0 Å². The Bertz CT molecular complexity index is 556. The molecule has 23 heavy (non-hydrogen) atoms. The van der Waals surface area contributed by atoms with Crippen LogP contribution in [-0.4, -0.2) is 23.5 Å². The van der Waals surface area contributed by atoms with Crippen molar-refractivity contribution in [1.29, 1.82) is 0 Å². The molecule has 6 nitrogen and oxygen atoms in total. The first-order valence-electron chi connectivity index (χ1n) is 7.43. The number of hydrogen-bond acceptors (Lipinski definition) is 4. The summed E-state index contributed by atoms with van der Waals surface area (Å²) in [4.78, 5) is 23.4. The highest BCUT2D eigenvalue weighted by Crippen LogP contribution is 2.13. The second-order valence-electron chi connectivity index (χ2n) is 5.78. The second-order valence-corrected chi connectivity index (χ2v) is 6.19. The standard InChI is InChI=1S/C16H23N3O3S/c1-10(2)9-22-13-7-5-12(6-8-13)15(21)18-19-16(23)17-14(20)11(3)4/h5-8,10-11H,9H2,1-4H3,(H,18,21)(H2,17,19,20,23). The van der Waals surface area contributed by atoms with Crippen LogP contribution >= 0.6 is 12.2 Å². The van der Waals surface area contributed by atoms with Gasteiger partial charge in [0.2, 0.25) is 5.91 Å². The zero-order chi connectivity index (χ0) is 17.4. The average Bonchev–Trinajstić information content (AvgIpc) is 2.50. The third-order valence-corrected chi connectivity index (χ3v) is 2.95. The van der Waals surface area contributed by atoms with Crippen molar-refractivity contribution in [2.24, 2.45) is 11.8 Å². The Kier molecular flexibility index (Phi) is 7.47. The largest absolute Gasteiger partial charge is 0.493 e. The lowest BCUT2D eigenvalue weighted by atomic mass is 10.2. The number of amides is 2. The molecule has 0 bridgehead atoms. The van der Waals surface area contributed by atoms with E-state index >= 15 is 0 Å². The molecule has 0 aliphatic carbocycles. The van der Waals surface area contributed by atoms with Crippen molar-refractivity contribution in [1.82, 2.24) is 16.2 Å². The van der Waals surface area contributed by atoms with E-state index in [1.807, 2.05) is 0 Å². The number of rotatable bonds is 5. The molecule has 1 aromatic carbocycles. The summed E-state index contributed by atoms with van der Waals surface area (Å²) < 4.78 is 5.55. The first-order valence-corrected chi connectivity index (χ1v) is 7.84. The van der Waals surface area contributed by atoms with Crippen molar-refractivity contribution in [2.45, 2.75) is 27.7 Å². The highest BCUT2D eigenvalue weighted by atomic mass is 32.1. The summed E-state index contributed by atoms with van der Waals surface area (Å²) in [6, 6.07) is 6.77. The first kappa shape index (κ1) is 18.9. The lowest BCUT2D eigenvalue weighted by Gasteiger charge is -2.12. The van der Waals surface area contributed by atoms with Crippen LogP contribution in [0.1, 0.15) is 38.1 Å². The van der Waals surface area contributed by atoms with Gasteiger partial charge in [-0.15, -0.1) is 0 Å². The molecule has 0 aliphatic rings. The molecule has 1 aromatic rings. The molecule has 0 heterocycles. The Morgan fingerprint density at radius 1 is 1.09 bits per heavy atom. The van der Waals surface area contributed by atoms with E-state index in [-0.39, 0.29) is 22.8 Å². The van der Waals surface area contributed by atoms with Gasteiger partial charge < -0.3 is 10.1 Å². The van der Waals surface area contributed by atoms with Crippen LogP contribution in [0.4, 0.5) is 0 Å². The normalized spacial score (nSPS) is 10.3. The highest BCUT2D eigenvalue weighted by molar-refractivity contribution is 7.80. The van der Waals surface area contributed by atoms with Crippen LogP contribution in [0.15, 0.2) is 24.3 Å². The molecule has 0 saturated heterocycles. The number of hydrazine groups is 1. The Balaban J connectivity index is 2.45. The summed E-state index contributed by atoms with van der Waals surface area (Å²) in [5.41, 5.74) is 5.37. The monoisotopic (exact) mass is 337 g/mol. The molecule has 0 saturated carbocycles. The number of carbonyl (C=O) groups excluding carboxylic acids is 2. The molecular formula is C16H23N3O3S.